The Labute approximate surface area is 122 Å². The van der Waals surface area contributed by atoms with Crippen LogP contribution in [0.15, 0.2) is 30.7 Å². The van der Waals surface area contributed by atoms with E-state index in [1.807, 2.05) is 13.8 Å². The molecule has 0 aliphatic carbocycles. The van der Waals surface area contributed by atoms with Crippen molar-refractivity contribution in [3.05, 3.63) is 36.2 Å². The summed E-state index contributed by atoms with van der Waals surface area (Å²) in [5, 5.41) is 3.15. The van der Waals surface area contributed by atoms with Gasteiger partial charge in [0.25, 0.3) is 0 Å². The Kier molecular flexibility index (Phi) is 4.90. The molecule has 0 spiro atoms. The Morgan fingerprint density at radius 1 is 1.15 bits per heavy atom. The minimum Gasteiger partial charge on any atom is -0.475 e. The van der Waals surface area contributed by atoms with Gasteiger partial charge in [0, 0.05) is 43.1 Å². The van der Waals surface area contributed by atoms with E-state index >= 15 is 0 Å². The smallest absolute Gasteiger partial charge is 0.184 e. The Bertz CT molecular complexity index is 465. The molecule has 4 nitrogen and oxygen atoms in total. The van der Waals surface area contributed by atoms with Gasteiger partial charge in [-0.3, -0.25) is 0 Å². The van der Waals surface area contributed by atoms with E-state index in [0.29, 0.717) is 12.5 Å². The Balaban J connectivity index is 0.000000704. The van der Waals surface area contributed by atoms with Crippen LogP contribution >= 0.6 is 0 Å². The molecular formula is C16H25N3O. The van der Waals surface area contributed by atoms with Crippen molar-refractivity contribution in [1.29, 1.82) is 0 Å². The van der Waals surface area contributed by atoms with Crippen LogP contribution in [0.1, 0.15) is 19.4 Å². The van der Waals surface area contributed by atoms with E-state index in [2.05, 4.69) is 46.9 Å². The second-order valence-electron chi connectivity index (χ2n) is 4.97. The van der Waals surface area contributed by atoms with E-state index in [0.717, 1.165) is 31.9 Å². The molecule has 110 valence electrons. The Morgan fingerprint density at radius 3 is 2.55 bits per heavy atom. The van der Waals surface area contributed by atoms with Crippen molar-refractivity contribution in [2.24, 2.45) is 0 Å². The number of nitrogens with zero attached hydrogens (tertiary/aromatic N) is 2. The summed E-state index contributed by atoms with van der Waals surface area (Å²) in [7, 11) is 2.17. The monoisotopic (exact) mass is 275 g/mol. The zero-order valence-corrected chi connectivity index (χ0v) is 12.8. The summed E-state index contributed by atoms with van der Waals surface area (Å²) in [5.41, 5.74) is 3.61. The second kappa shape index (κ2) is 6.66. The van der Waals surface area contributed by atoms with E-state index in [-0.39, 0.29) is 0 Å². The van der Waals surface area contributed by atoms with Crippen LogP contribution in [-0.4, -0.2) is 38.1 Å². The predicted molar refractivity (Wildman–Crippen MR) is 85.1 cm³/mol. The maximum Gasteiger partial charge on any atom is 0.184 e. The average Bonchev–Trinajstić information content (AvgIpc) is 2.49. The molecule has 0 aromatic heterocycles. The number of anilines is 2. The largest absolute Gasteiger partial charge is 0.475 e. The Hall–Kier alpha value is -1.68. The van der Waals surface area contributed by atoms with Crippen LogP contribution in [0.25, 0.3) is 0 Å². The molecule has 1 N–H and O–H groups in total. The highest BCUT2D eigenvalue weighted by Gasteiger charge is 2.17. The van der Waals surface area contributed by atoms with Crippen molar-refractivity contribution in [2.75, 3.05) is 43.4 Å². The fourth-order valence-corrected chi connectivity index (χ4v) is 2.43. The van der Waals surface area contributed by atoms with Crippen molar-refractivity contribution in [1.82, 2.24) is 4.90 Å². The minimum atomic E-state index is 0.614. The normalized spacial score (nSPS) is 18.4. The molecule has 3 rings (SSSR count). The highest BCUT2D eigenvalue weighted by Crippen LogP contribution is 2.29. The highest BCUT2D eigenvalue weighted by molar-refractivity contribution is 5.63. The molecule has 0 amide bonds. The van der Waals surface area contributed by atoms with Crippen LogP contribution in [0.4, 0.5) is 11.4 Å². The molecule has 1 fully saturated rings. The molecule has 4 heteroatoms. The van der Waals surface area contributed by atoms with E-state index in [1.54, 1.807) is 0 Å². The zero-order chi connectivity index (χ0) is 14.5. The summed E-state index contributed by atoms with van der Waals surface area (Å²) < 4.78 is 5.43. The first-order chi connectivity index (χ1) is 9.72. The van der Waals surface area contributed by atoms with Gasteiger partial charge in [0.15, 0.2) is 5.88 Å². The van der Waals surface area contributed by atoms with Crippen LogP contribution < -0.4 is 10.2 Å². The van der Waals surface area contributed by atoms with Crippen molar-refractivity contribution in [3.8, 4) is 0 Å². The quantitative estimate of drug-likeness (QED) is 0.853. The topological polar surface area (TPSA) is 27.7 Å². The molecule has 0 atom stereocenters. The fraction of sp³-hybridized carbons (Fsp3) is 0.500. The van der Waals surface area contributed by atoms with Crippen LogP contribution in [0.5, 0.6) is 0 Å². The number of rotatable bonds is 1. The molecule has 2 aliphatic rings. The van der Waals surface area contributed by atoms with Gasteiger partial charge in [-0.2, -0.15) is 0 Å². The summed E-state index contributed by atoms with van der Waals surface area (Å²) in [4.78, 5) is 4.80. The zero-order valence-electron chi connectivity index (χ0n) is 12.8. The van der Waals surface area contributed by atoms with Crippen LogP contribution in [0.3, 0.4) is 0 Å². The van der Waals surface area contributed by atoms with Gasteiger partial charge < -0.3 is 19.9 Å². The van der Waals surface area contributed by atoms with Gasteiger partial charge in [0.05, 0.1) is 0 Å². The number of likely N-dealkylation sites (N-methyl/N-ethyl adjacent to an activating group) is 1. The SMILES string of the molecule is C=C1Nc2ccc(N3CCN(C)CC3)cc2CO1.CC. The number of ether oxygens (including phenoxy) is 1. The highest BCUT2D eigenvalue weighted by atomic mass is 16.5. The number of piperazine rings is 1. The predicted octanol–water partition coefficient (Wildman–Crippen LogP) is 2.88. The molecule has 1 aromatic rings. The molecule has 2 aliphatic heterocycles. The molecule has 0 bridgehead atoms. The van der Waals surface area contributed by atoms with Crippen LogP contribution in [0, 0.1) is 0 Å². The standard InChI is InChI=1S/C14H19N3O.C2H6/c1-11-15-14-4-3-13(9-12(14)10-18-11)17-7-5-16(2)6-8-17;1-2/h3-4,9,15H,1,5-8,10H2,2H3;1-2H3. The van der Waals surface area contributed by atoms with Gasteiger partial charge in [-0.25, -0.2) is 0 Å². The average molecular weight is 275 g/mol. The van der Waals surface area contributed by atoms with Crippen molar-refractivity contribution >= 4 is 11.4 Å². The molecule has 2 heterocycles. The second-order valence-corrected chi connectivity index (χ2v) is 4.97. The first-order valence-corrected chi connectivity index (χ1v) is 7.37. The lowest BCUT2D eigenvalue weighted by Crippen LogP contribution is -2.44. The maximum absolute atomic E-state index is 5.43. The third-order valence-corrected chi connectivity index (χ3v) is 3.63. The van der Waals surface area contributed by atoms with Gasteiger partial charge in [-0.05, 0) is 31.8 Å². The van der Waals surface area contributed by atoms with E-state index in [4.69, 9.17) is 4.74 Å². The lowest BCUT2D eigenvalue weighted by atomic mass is 10.1. The van der Waals surface area contributed by atoms with Crippen molar-refractivity contribution in [3.63, 3.8) is 0 Å². The van der Waals surface area contributed by atoms with Crippen LogP contribution in [0.2, 0.25) is 0 Å². The summed E-state index contributed by atoms with van der Waals surface area (Å²) in [6, 6.07) is 6.52. The van der Waals surface area contributed by atoms with Gasteiger partial charge >= 0.3 is 0 Å². The summed E-state index contributed by atoms with van der Waals surface area (Å²) in [6.07, 6.45) is 0. The van der Waals surface area contributed by atoms with Gasteiger partial charge in [-0.15, -0.1) is 0 Å². The number of hydrogen-bond acceptors (Lipinski definition) is 4. The van der Waals surface area contributed by atoms with E-state index in [1.165, 1.54) is 11.3 Å². The summed E-state index contributed by atoms with van der Waals surface area (Å²) in [5.74, 6) is 0.634. The lowest BCUT2D eigenvalue weighted by Gasteiger charge is -2.34. The molecule has 1 aromatic carbocycles. The van der Waals surface area contributed by atoms with Gasteiger partial charge in [-0.1, -0.05) is 13.8 Å². The molecule has 0 saturated carbocycles. The molecule has 20 heavy (non-hydrogen) atoms. The number of benzene rings is 1. The lowest BCUT2D eigenvalue weighted by molar-refractivity contribution is 0.198. The Morgan fingerprint density at radius 2 is 1.85 bits per heavy atom. The van der Waals surface area contributed by atoms with Crippen molar-refractivity contribution in [2.45, 2.75) is 20.5 Å². The van der Waals surface area contributed by atoms with E-state index in [9.17, 15) is 0 Å². The number of fused-ring (bicyclic) bond motifs is 1. The molecule has 0 unspecified atom stereocenters. The van der Waals surface area contributed by atoms with E-state index < -0.39 is 0 Å². The number of hydrogen-bond donors (Lipinski definition) is 1. The molecule has 0 radical (unpaired) electrons. The molecular weight excluding hydrogens is 250 g/mol. The minimum absolute atomic E-state index is 0.614. The first kappa shape index (κ1) is 14.7. The molecule has 1 saturated heterocycles. The number of nitrogens with one attached hydrogen (secondary N) is 1. The summed E-state index contributed by atoms with van der Waals surface area (Å²) >= 11 is 0. The van der Waals surface area contributed by atoms with Gasteiger partial charge in [0.1, 0.15) is 6.61 Å². The van der Waals surface area contributed by atoms with Crippen LogP contribution in [-0.2, 0) is 11.3 Å². The summed E-state index contributed by atoms with van der Waals surface area (Å²) in [6.45, 7) is 12.8. The maximum atomic E-state index is 5.43. The van der Waals surface area contributed by atoms with Crippen molar-refractivity contribution < 1.29 is 4.74 Å². The van der Waals surface area contributed by atoms with Gasteiger partial charge in [0.2, 0.25) is 0 Å². The first-order valence-electron chi connectivity index (χ1n) is 7.37. The third-order valence-electron chi connectivity index (χ3n) is 3.63. The fourth-order valence-electron chi connectivity index (χ4n) is 2.43. The third kappa shape index (κ3) is 3.25.